The van der Waals surface area contributed by atoms with E-state index >= 15 is 0 Å². The number of anilines is 1. The molecule has 3 nitrogen and oxygen atoms in total. The second-order valence-corrected chi connectivity index (χ2v) is 6.45. The molecule has 2 heterocycles. The Bertz CT molecular complexity index is 379. The van der Waals surface area contributed by atoms with Crippen molar-refractivity contribution < 1.29 is 0 Å². The Morgan fingerprint density at radius 1 is 1.44 bits per heavy atom. The Hall–Kier alpha value is -0.740. The number of hydrogen-bond acceptors (Lipinski definition) is 4. The van der Waals surface area contributed by atoms with Crippen LogP contribution in [0.25, 0.3) is 0 Å². The quantitative estimate of drug-likeness (QED) is 0.909. The molecule has 0 radical (unpaired) electrons. The molecule has 2 rings (SSSR count). The van der Waals surface area contributed by atoms with Crippen LogP contribution in [-0.2, 0) is 0 Å². The van der Waals surface area contributed by atoms with Gasteiger partial charge in [0.1, 0.15) is 0 Å². The van der Waals surface area contributed by atoms with Gasteiger partial charge in [-0.15, -0.1) is 0 Å². The lowest BCUT2D eigenvalue weighted by Gasteiger charge is -2.39. The lowest BCUT2D eigenvalue weighted by atomic mass is 10.1. The highest BCUT2D eigenvalue weighted by atomic mass is 32.2. The Balaban J connectivity index is 2.13. The van der Waals surface area contributed by atoms with E-state index in [1.54, 1.807) is 0 Å². The van der Waals surface area contributed by atoms with Crippen LogP contribution in [0.15, 0.2) is 18.3 Å². The van der Waals surface area contributed by atoms with Crippen molar-refractivity contribution in [2.45, 2.75) is 38.1 Å². The van der Waals surface area contributed by atoms with Gasteiger partial charge >= 0.3 is 0 Å². The molecule has 1 aromatic heterocycles. The van der Waals surface area contributed by atoms with Crippen molar-refractivity contribution >= 4 is 17.4 Å². The predicted molar refractivity (Wildman–Crippen MR) is 80.4 cm³/mol. The summed E-state index contributed by atoms with van der Waals surface area (Å²) in [5, 5.41) is 3.91. The van der Waals surface area contributed by atoms with Crippen molar-refractivity contribution in [3.05, 3.63) is 24.0 Å². The van der Waals surface area contributed by atoms with Gasteiger partial charge in [0.15, 0.2) is 0 Å². The summed E-state index contributed by atoms with van der Waals surface area (Å²) in [6, 6.07) is 5.23. The number of aromatic nitrogens is 1. The normalized spacial score (nSPS) is 26.1. The molecule has 3 unspecified atom stereocenters. The third-order valence-corrected chi connectivity index (χ3v) is 5.20. The summed E-state index contributed by atoms with van der Waals surface area (Å²) in [6.45, 7) is 7.87. The van der Waals surface area contributed by atoms with E-state index in [-0.39, 0.29) is 0 Å². The van der Waals surface area contributed by atoms with Crippen LogP contribution in [0.1, 0.15) is 32.5 Å². The fourth-order valence-electron chi connectivity index (χ4n) is 2.27. The first-order valence-electron chi connectivity index (χ1n) is 6.65. The van der Waals surface area contributed by atoms with E-state index in [0.717, 1.165) is 12.2 Å². The van der Waals surface area contributed by atoms with Crippen molar-refractivity contribution in [1.82, 2.24) is 10.3 Å². The average Bonchev–Trinajstić information content (AvgIpc) is 2.41. The molecule has 1 aromatic rings. The molecule has 3 atom stereocenters. The Morgan fingerprint density at radius 3 is 2.83 bits per heavy atom. The molecular weight excluding hydrogens is 242 g/mol. The first kappa shape index (κ1) is 13.7. The van der Waals surface area contributed by atoms with Gasteiger partial charge in [0.2, 0.25) is 0 Å². The first-order chi connectivity index (χ1) is 8.63. The Labute approximate surface area is 114 Å². The number of rotatable bonds is 3. The van der Waals surface area contributed by atoms with Crippen molar-refractivity contribution in [1.29, 1.82) is 0 Å². The Kier molecular flexibility index (Phi) is 4.51. The molecule has 0 saturated carbocycles. The average molecular weight is 265 g/mol. The van der Waals surface area contributed by atoms with Gasteiger partial charge in [-0.2, -0.15) is 11.8 Å². The molecule has 0 aliphatic carbocycles. The maximum atomic E-state index is 4.57. The molecule has 0 aromatic carbocycles. The minimum atomic E-state index is 0.312. The third-order valence-electron chi connectivity index (χ3n) is 3.86. The summed E-state index contributed by atoms with van der Waals surface area (Å²) in [7, 11) is 1.96. The van der Waals surface area contributed by atoms with Crippen LogP contribution in [0.3, 0.4) is 0 Å². The van der Waals surface area contributed by atoms with Crippen LogP contribution in [0.5, 0.6) is 0 Å². The number of pyridine rings is 1. The molecule has 1 aliphatic heterocycles. The first-order valence-corrected chi connectivity index (χ1v) is 7.70. The highest BCUT2D eigenvalue weighted by molar-refractivity contribution is 8.00. The Morgan fingerprint density at radius 2 is 2.22 bits per heavy atom. The second kappa shape index (κ2) is 5.93. The largest absolute Gasteiger partial charge is 0.366 e. The van der Waals surface area contributed by atoms with Crippen LogP contribution >= 0.6 is 11.8 Å². The molecule has 1 fully saturated rings. The zero-order chi connectivity index (χ0) is 13.1. The zero-order valence-electron chi connectivity index (χ0n) is 11.7. The van der Waals surface area contributed by atoms with Gasteiger partial charge in [0, 0.05) is 29.6 Å². The van der Waals surface area contributed by atoms with Crippen molar-refractivity contribution in [3.8, 4) is 0 Å². The van der Waals surface area contributed by atoms with Gasteiger partial charge in [-0.05, 0) is 33.0 Å². The van der Waals surface area contributed by atoms with E-state index in [1.807, 2.05) is 13.2 Å². The lowest BCUT2D eigenvalue weighted by Crippen LogP contribution is -2.44. The zero-order valence-corrected chi connectivity index (χ0v) is 12.5. The number of nitrogens with one attached hydrogen (secondary N) is 1. The third kappa shape index (κ3) is 2.81. The highest BCUT2D eigenvalue weighted by Gasteiger charge is 2.25. The highest BCUT2D eigenvalue weighted by Crippen LogP contribution is 2.28. The van der Waals surface area contributed by atoms with Gasteiger partial charge in [0.05, 0.1) is 17.6 Å². The number of hydrogen-bond donors (Lipinski definition) is 1. The van der Waals surface area contributed by atoms with Crippen molar-refractivity contribution in [3.63, 3.8) is 0 Å². The van der Waals surface area contributed by atoms with E-state index in [0.29, 0.717) is 17.3 Å². The van der Waals surface area contributed by atoms with Crippen molar-refractivity contribution in [2.24, 2.45) is 0 Å². The molecular formula is C14H23N3S. The lowest BCUT2D eigenvalue weighted by molar-refractivity contribution is 0.619. The van der Waals surface area contributed by atoms with E-state index in [2.05, 4.69) is 59.9 Å². The van der Waals surface area contributed by atoms with Crippen molar-refractivity contribution in [2.75, 3.05) is 24.2 Å². The molecule has 0 spiro atoms. The molecule has 0 bridgehead atoms. The summed E-state index contributed by atoms with van der Waals surface area (Å²) in [4.78, 5) is 7.05. The topological polar surface area (TPSA) is 28.2 Å². The maximum absolute atomic E-state index is 4.57. The summed E-state index contributed by atoms with van der Waals surface area (Å²) in [5.74, 6) is 1.21. The molecule has 4 heteroatoms. The molecule has 1 aliphatic rings. The monoisotopic (exact) mass is 265 g/mol. The van der Waals surface area contributed by atoms with Gasteiger partial charge < -0.3 is 10.2 Å². The molecule has 1 N–H and O–H groups in total. The summed E-state index contributed by atoms with van der Waals surface area (Å²) in [6.07, 6.45) is 2.02. The minimum absolute atomic E-state index is 0.312. The van der Waals surface area contributed by atoms with E-state index in [4.69, 9.17) is 0 Å². The number of nitrogens with zero attached hydrogens (tertiary/aromatic N) is 2. The maximum Gasteiger partial charge on any atom is 0.0571 e. The standard InChI is InChI=1S/C14H23N3S/c1-10(15-4)14-6-5-13(9-16-14)17-7-8-18-12(3)11(17)2/h5-6,9-12,15H,7-8H2,1-4H3. The predicted octanol–water partition coefficient (Wildman–Crippen LogP) is 2.69. The molecule has 0 amide bonds. The van der Waals surface area contributed by atoms with Gasteiger partial charge in [-0.3, -0.25) is 4.98 Å². The van der Waals surface area contributed by atoms with E-state index in [9.17, 15) is 0 Å². The molecule has 18 heavy (non-hydrogen) atoms. The van der Waals surface area contributed by atoms with Gasteiger partial charge in [-0.25, -0.2) is 0 Å². The summed E-state index contributed by atoms with van der Waals surface area (Å²) < 4.78 is 0. The molecule has 100 valence electrons. The fourth-order valence-corrected chi connectivity index (χ4v) is 3.37. The summed E-state index contributed by atoms with van der Waals surface area (Å²) >= 11 is 2.06. The van der Waals surface area contributed by atoms with Crippen LogP contribution in [0.2, 0.25) is 0 Å². The smallest absolute Gasteiger partial charge is 0.0571 e. The van der Waals surface area contributed by atoms with E-state index in [1.165, 1.54) is 11.4 Å². The van der Waals surface area contributed by atoms with E-state index < -0.39 is 0 Å². The van der Waals surface area contributed by atoms with Gasteiger partial charge in [-0.1, -0.05) is 6.92 Å². The van der Waals surface area contributed by atoms with Crippen LogP contribution < -0.4 is 10.2 Å². The number of thioether (sulfide) groups is 1. The minimum Gasteiger partial charge on any atom is -0.366 e. The SMILES string of the molecule is CNC(C)c1ccc(N2CCSC(C)C2C)cn1. The van der Waals surface area contributed by atoms with Crippen LogP contribution in [-0.4, -0.2) is 35.6 Å². The fraction of sp³-hybridized carbons (Fsp3) is 0.643. The second-order valence-electron chi connectivity index (χ2n) is 4.96. The summed E-state index contributed by atoms with van der Waals surface area (Å²) in [5.41, 5.74) is 2.36. The van der Waals surface area contributed by atoms with Crippen LogP contribution in [0.4, 0.5) is 5.69 Å². The van der Waals surface area contributed by atoms with Crippen LogP contribution in [0, 0.1) is 0 Å². The van der Waals surface area contributed by atoms with Gasteiger partial charge in [0.25, 0.3) is 0 Å². The molecule has 1 saturated heterocycles.